The molecule has 0 radical (unpaired) electrons. The van der Waals surface area contributed by atoms with Crippen LogP contribution in [0.2, 0.25) is 10.0 Å². The zero-order chi connectivity index (χ0) is 21.1. The van der Waals surface area contributed by atoms with E-state index in [4.69, 9.17) is 23.2 Å². The molecule has 2 N–H and O–H groups in total. The van der Waals surface area contributed by atoms with Crippen LogP contribution in [0.4, 0.5) is 0 Å². The predicted octanol–water partition coefficient (Wildman–Crippen LogP) is 4.01. The van der Waals surface area contributed by atoms with Gasteiger partial charge in [-0.15, -0.1) is 10.1 Å². The molecule has 2 atom stereocenters. The summed E-state index contributed by atoms with van der Waals surface area (Å²) in [5, 5.41) is 3.85. The molecule has 1 saturated heterocycles. The van der Waals surface area contributed by atoms with Crippen LogP contribution in [-0.4, -0.2) is 28.8 Å². The lowest BCUT2D eigenvalue weighted by atomic mass is 10.00. The Kier molecular flexibility index (Phi) is 5.84. The monoisotopic (exact) mass is 438 g/mol. The minimum absolute atomic E-state index is 0.311. The molecule has 3 aromatic rings. The Labute approximate surface area is 183 Å². The van der Waals surface area contributed by atoms with Gasteiger partial charge in [0, 0.05) is 16.1 Å². The molecule has 0 spiro atoms. The smallest absolute Gasteiger partial charge is 0.304 e. The lowest BCUT2D eigenvalue weighted by molar-refractivity contribution is -0.596. The number of rotatable bonds is 4. The van der Waals surface area contributed by atoms with Gasteiger partial charge in [-0.05, 0) is 30.3 Å². The molecule has 2 amide bonds. The second kappa shape index (κ2) is 8.69. The summed E-state index contributed by atoms with van der Waals surface area (Å²) in [7, 11) is 0. The quantitative estimate of drug-likeness (QED) is 0.604. The Morgan fingerprint density at radius 2 is 1.63 bits per heavy atom. The van der Waals surface area contributed by atoms with Crippen molar-refractivity contribution < 1.29 is 14.3 Å². The van der Waals surface area contributed by atoms with Crippen molar-refractivity contribution in [2.75, 3.05) is 0 Å². The van der Waals surface area contributed by atoms with Crippen molar-refractivity contribution in [2.24, 2.45) is 0 Å². The van der Waals surface area contributed by atoms with Crippen molar-refractivity contribution in [3.8, 4) is 0 Å². The molecule has 0 saturated carbocycles. The highest BCUT2D eigenvalue weighted by atomic mass is 35.5. The predicted molar refractivity (Wildman–Crippen MR) is 117 cm³/mol. The molecular weight excluding hydrogens is 421 g/mol. The third-order valence-corrected chi connectivity index (χ3v) is 5.40. The first-order valence-electron chi connectivity index (χ1n) is 9.32. The summed E-state index contributed by atoms with van der Waals surface area (Å²) in [6.45, 7) is 0. The summed E-state index contributed by atoms with van der Waals surface area (Å²) in [5.41, 5.74) is 4.88. The number of carbonyl (C=O) groups excluding carboxylic acids is 2. The second-order valence-corrected chi connectivity index (χ2v) is 7.69. The average molecular weight is 439 g/mol. The van der Waals surface area contributed by atoms with E-state index in [0.29, 0.717) is 21.2 Å². The van der Waals surface area contributed by atoms with Crippen LogP contribution in [0.25, 0.3) is 0 Å². The van der Waals surface area contributed by atoms with Gasteiger partial charge in [0.25, 0.3) is 5.91 Å². The van der Waals surface area contributed by atoms with Gasteiger partial charge in [-0.2, -0.15) is 0 Å². The molecule has 0 aliphatic carbocycles. The average Bonchev–Trinajstić information content (AvgIpc) is 3.06. The first-order valence-corrected chi connectivity index (χ1v) is 10.1. The maximum Gasteiger partial charge on any atom is 0.304 e. The first-order chi connectivity index (χ1) is 14.5. The minimum Gasteiger partial charge on any atom is -0.334 e. The molecule has 4 rings (SSSR count). The molecule has 7 heteroatoms. The minimum atomic E-state index is -0.789. The number of hydrogen-bond acceptors (Lipinski definition) is 2. The molecule has 3 aromatic carbocycles. The van der Waals surface area contributed by atoms with Crippen LogP contribution in [-0.2, 0) is 4.79 Å². The van der Waals surface area contributed by atoms with Crippen LogP contribution in [0.5, 0.6) is 0 Å². The van der Waals surface area contributed by atoms with Crippen LogP contribution < -0.4 is 10.7 Å². The fourth-order valence-corrected chi connectivity index (χ4v) is 3.86. The second-order valence-electron chi connectivity index (χ2n) is 6.85. The topological polar surface area (TPSA) is 61.2 Å². The Bertz CT molecular complexity index is 1120. The van der Waals surface area contributed by atoms with E-state index in [9.17, 15) is 9.59 Å². The molecule has 1 fully saturated rings. The van der Waals surface area contributed by atoms with Crippen LogP contribution >= 0.6 is 23.2 Å². The number of halogens is 2. The first kappa shape index (κ1) is 20.1. The van der Waals surface area contributed by atoms with E-state index in [1.54, 1.807) is 53.4 Å². The number of hydrazine groups is 1. The van der Waals surface area contributed by atoms with Gasteiger partial charge in [-0.1, -0.05) is 71.7 Å². The van der Waals surface area contributed by atoms with Gasteiger partial charge in [-0.3, -0.25) is 9.59 Å². The Hall–Kier alpha value is -3.15. The molecule has 0 aromatic heterocycles. The summed E-state index contributed by atoms with van der Waals surface area (Å²) in [5.74, 6) is -0.627. The molecule has 0 bridgehead atoms. The zero-order valence-electron chi connectivity index (χ0n) is 15.8. The summed E-state index contributed by atoms with van der Waals surface area (Å²) in [6.07, 6.45) is 1.74. The zero-order valence-corrected chi connectivity index (χ0v) is 17.3. The van der Waals surface area contributed by atoms with Crippen molar-refractivity contribution in [3.05, 3.63) is 106 Å². The van der Waals surface area contributed by atoms with Gasteiger partial charge >= 0.3 is 5.91 Å². The fourth-order valence-electron chi connectivity index (χ4n) is 3.40. The Morgan fingerprint density at radius 3 is 2.30 bits per heavy atom. The standard InChI is InChI=1S/C23H17Cl2N3O2/c24-18-12-11-17(19(25)13-18)14-28-21(15-7-3-1-4-8-15)20(23(30)27-28)26-22(29)16-9-5-2-6-10-16/h1-14,20-21H,(H-,26,27,29,30)/p+1/b28-14-/t20-,21+/m1/s1. The number of benzene rings is 3. The molecule has 1 aliphatic rings. The van der Waals surface area contributed by atoms with E-state index in [0.717, 1.165) is 5.56 Å². The van der Waals surface area contributed by atoms with Gasteiger partial charge in [-0.25, -0.2) is 0 Å². The summed E-state index contributed by atoms with van der Waals surface area (Å²) in [4.78, 5) is 25.5. The highest BCUT2D eigenvalue weighted by molar-refractivity contribution is 6.36. The van der Waals surface area contributed by atoms with E-state index in [-0.39, 0.29) is 11.8 Å². The SMILES string of the molecule is O=C(N[C@H]1C(=O)N/[N+](=C\c2ccc(Cl)cc2Cl)[C@H]1c1ccccc1)c1ccccc1. The number of hydrogen-bond donors (Lipinski definition) is 2. The van der Waals surface area contributed by atoms with E-state index >= 15 is 0 Å². The summed E-state index contributed by atoms with van der Waals surface area (Å²) in [6, 6.07) is 22.2. The lowest BCUT2D eigenvalue weighted by Crippen LogP contribution is -2.42. The number of nitrogens with one attached hydrogen (secondary N) is 2. The third-order valence-electron chi connectivity index (χ3n) is 4.84. The molecule has 1 aliphatic heterocycles. The van der Waals surface area contributed by atoms with E-state index in [2.05, 4.69) is 10.7 Å². The third kappa shape index (κ3) is 4.22. The van der Waals surface area contributed by atoms with Crippen LogP contribution in [0, 0.1) is 0 Å². The highest BCUT2D eigenvalue weighted by Crippen LogP contribution is 2.26. The van der Waals surface area contributed by atoms with Crippen LogP contribution in [0.3, 0.4) is 0 Å². The number of nitrogens with zero attached hydrogens (tertiary/aromatic N) is 1. The highest BCUT2D eigenvalue weighted by Gasteiger charge is 2.47. The fraction of sp³-hybridized carbons (Fsp3) is 0.0870. The van der Waals surface area contributed by atoms with Gasteiger partial charge in [0.2, 0.25) is 12.3 Å². The Balaban J connectivity index is 1.72. The van der Waals surface area contributed by atoms with E-state index in [1.165, 1.54) is 0 Å². The Morgan fingerprint density at radius 1 is 0.967 bits per heavy atom. The number of amides is 2. The van der Waals surface area contributed by atoms with Crippen molar-refractivity contribution in [1.82, 2.24) is 10.7 Å². The van der Waals surface area contributed by atoms with Crippen molar-refractivity contribution in [1.29, 1.82) is 0 Å². The summed E-state index contributed by atoms with van der Waals surface area (Å²) >= 11 is 12.3. The largest absolute Gasteiger partial charge is 0.334 e. The van der Waals surface area contributed by atoms with Crippen molar-refractivity contribution in [2.45, 2.75) is 12.1 Å². The maximum absolute atomic E-state index is 12.8. The molecular formula is C23H18Cl2N3O2+. The number of hydrazone groups is 1. The van der Waals surface area contributed by atoms with Crippen LogP contribution in [0.15, 0.2) is 78.9 Å². The van der Waals surface area contributed by atoms with Crippen molar-refractivity contribution in [3.63, 3.8) is 0 Å². The van der Waals surface area contributed by atoms with Gasteiger partial charge in [0.1, 0.15) is 0 Å². The summed E-state index contributed by atoms with van der Waals surface area (Å²) < 4.78 is 1.67. The molecule has 30 heavy (non-hydrogen) atoms. The van der Waals surface area contributed by atoms with Crippen LogP contribution in [0.1, 0.15) is 27.5 Å². The molecule has 5 nitrogen and oxygen atoms in total. The molecule has 1 heterocycles. The van der Waals surface area contributed by atoms with E-state index < -0.39 is 12.1 Å². The van der Waals surface area contributed by atoms with Gasteiger partial charge in [0.05, 0.1) is 10.6 Å². The van der Waals surface area contributed by atoms with Crippen molar-refractivity contribution >= 4 is 41.2 Å². The van der Waals surface area contributed by atoms with Gasteiger partial charge in [0.15, 0.2) is 6.04 Å². The van der Waals surface area contributed by atoms with E-state index in [1.807, 2.05) is 36.4 Å². The maximum atomic E-state index is 12.8. The normalized spacial score (nSPS) is 19.5. The molecule has 150 valence electrons. The molecule has 0 unspecified atom stereocenters. The lowest BCUT2D eigenvalue weighted by Gasteiger charge is -2.14. The number of carbonyl (C=O) groups is 2. The van der Waals surface area contributed by atoms with Gasteiger partial charge < -0.3 is 5.32 Å².